The van der Waals surface area contributed by atoms with Crippen molar-refractivity contribution in [1.82, 2.24) is 0 Å². The molecule has 0 spiro atoms. The number of hydrogen-bond donors (Lipinski definition) is 2. The van der Waals surface area contributed by atoms with Crippen LogP contribution in [0.25, 0.3) is 0 Å². The Hall–Kier alpha value is -1.79. The Morgan fingerprint density at radius 2 is 2.10 bits per heavy atom. The molecule has 0 atom stereocenters. The minimum Gasteiger partial charge on any atom is -0.507 e. The van der Waals surface area contributed by atoms with Crippen LogP contribution in [-0.2, 0) is 6.61 Å². The molecule has 0 bridgehead atoms. The third-order valence-electron chi connectivity index (χ3n) is 2.71. The number of ether oxygens (including phenoxy) is 1. The average Bonchev–Trinajstić information content (AvgIpc) is 2.41. The predicted octanol–water partition coefficient (Wildman–Crippen LogP) is 4.22. The molecule has 0 aliphatic carbocycles. The van der Waals surface area contributed by atoms with E-state index in [0.717, 1.165) is 6.07 Å². The van der Waals surface area contributed by atoms with Gasteiger partial charge in [-0.2, -0.15) is 0 Å². The van der Waals surface area contributed by atoms with Crippen LogP contribution in [0, 0.1) is 5.82 Å². The summed E-state index contributed by atoms with van der Waals surface area (Å²) in [6.07, 6.45) is 0. The second-order valence-corrected chi connectivity index (χ2v) is 5.36. The highest BCUT2D eigenvalue weighted by Gasteiger charge is 2.15. The molecule has 7 heteroatoms. The zero-order valence-corrected chi connectivity index (χ0v) is 12.8. The molecule has 0 fully saturated rings. The summed E-state index contributed by atoms with van der Waals surface area (Å²) in [5, 5.41) is 18.7. The molecule has 0 aliphatic heterocycles. The molecule has 0 saturated heterocycles. The van der Waals surface area contributed by atoms with Crippen molar-refractivity contribution < 1.29 is 24.1 Å². The summed E-state index contributed by atoms with van der Waals surface area (Å²) in [5.74, 6) is -2.04. The number of hydrogen-bond acceptors (Lipinski definition) is 3. The lowest BCUT2D eigenvalue weighted by atomic mass is 10.2. The summed E-state index contributed by atoms with van der Waals surface area (Å²) in [7, 11) is 0. The summed E-state index contributed by atoms with van der Waals surface area (Å²) >= 11 is 9.01. The third-order valence-corrected chi connectivity index (χ3v) is 3.69. The highest BCUT2D eigenvalue weighted by Crippen LogP contribution is 2.33. The van der Waals surface area contributed by atoms with Gasteiger partial charge in [-0.05, 0) is 34.1 Å². The highest BCUT2D eigenvalue weighted by atomic mass is 79.9. The first-order valence-electron chi connectivity index (χ1n) is 5.71. The number of carbonyl (C=O) groups is 1. The Balaban J connectivity index is 2.25. The van der Waals surface area contributed by atoms with E-state index < -0.39 is 17.5 Å². The molecular weight excluding hydrogens is 367 g/mol. The maximum absolute atomic E-state index is 13.6. The van der Waals surface area contributed by atoms with Gasteiger partial charge in [0.15, 0.2) is 0 Å². The number of aromatic carboxylic acids is 1. The summed E-state index contributed by atoms with van der Waals surface area (Å²) in [4.78, 5) is 10.9. The van der Waals surface area contributed by atoms with E-state index in [0.29, 0.717) is 4.47 Å². The van der Waals surface area contributed by atoms with Crippen molar-refractivity contribution in [2.45, 2.75) is 6.61 Å². The second kappa shape index (κ2) is 6.32. The minimum absolute atomic E-state index is 0.157. The van der Waals surface area contributed by atoms with E-state index in [2.05, 4.69) is 15.9 Å². The van der Waals surface area contributed by atoms with Gasteiger partial charge < -0.3 is 14.9 Å². The lowest BCUT2D eigenvalue weighted by Crippen LogP contribution is -2.02. The lowest BCUT2D eigenvalue weighted by molar-refractivity contribution is 0.0693. The maximum Gasteiger partial charge on any atom is 0.339 e. The molecule has 0 unspecified atom stereocenters. The van der Waals surface area contributed by atoms with E-state index in [1.807, 2.05) is 0 Å². The van der Waals surface area contributed by atoms with Gasteiger partial charge >= 0.3 is 5.97 Å². The van der Waals surface area contributed by atoms with Gasteiger partial charge in [0.25, 0.3) is 0 Å². The van der Waals surface area contributed by atoms with E-state index in [1.54, 1.807) is 0 Å². The van der Waals surface area contributed by atoms with Crippen LogP contribution in [0.4, 0.5) is 4.39 Å². The topological polar surface area (TPSA) is 66.8 Å². The van der Waals surface area contributed by atoms with E-state index in [1.165, 1.54) is 24.3 Å². The number of carboxylic acids is 1. The molecule has 4 nitrogen and oxygen atoms in total. The first kappa shape index (κ1) is 15.6. The number of halogens is 3. The van der Waals surface area contributed by atoms with Crippen LogP contribution in [0.15, 0.2) is 34.8 Å². The van der Waals surface area contributed by atoms with Crippen LogP contribution in [0.2, 0.25) is 5.02 Å². The Morgan fingerprint density at radius 3 is 2.71 bits per heavy atom. The molecule has 110 valence electrons. The molecule has 0 aliphatic rings. The molecule has 21 heavy (non-hydrogen) atoms. The standard InChI is InChI=1S/C14H9BrClFO4/c15-9-4-7(14(19)20)12(18)5-13(9)21-6-8-10(16)2-1-3-11(8)17/h1-5,18H,6H2,(H,19,20). The van der Waals surface area contributed by atoms with E-state index in [-0.39, 0.29) is 28.5 Å². The summed E-state index contributed by atoms with van der Waals surface area (Å²) < 4.78 is 19.3. The zero-order valence-electron chi connectivity index (χ0n) is 10.4. The second-order valence-electron chi connectivity index (χ2n) is 4.09. The van der Waals surface area contributed by atoms with Gasteiger partial charge in [-0.3, -0.25) is 0 Å². The van der Waals surface area contributed by atoms with Crippen molar-refractivity contribution in [2.24, 2.45) is 0 Å². The fourth-order valence-corrected chi connectivity index (χ4v) is 2.32. The number of phenols is 1. The van der Waals surface area contributed by atoms with Crippen LogP contribution < -0.4 is 4.74 Å². The van der Waals surface area contributed by atoms with Crippen molar-refractivity contribution in [3.8, 4) is 11.5 Å². The third kappa shape index (κ3) is 3.46. The van der Waals surface area contributed by atoms with Gasteiger partial charge in [0, 0.05) is 11.6 Å². The lowest BCUT2D eigenvalue weighted by Gasteiger charge is -2.11. The van der Waals surface area contributed by atoms with Crippen LogP contribution in [-0.4, -0.2) is 16.2 Å². The number of benzene rings is 2. The van der Waals surface area contributed by atoms with E-state index >= 15 is 0 Å². The minimum atomic E-state index is -1.27. The Kier molecular flexibility index (Phi) is 4.69. The normalized spacial score (nSPS) is 10.4. The Labute approximate surface area is 132 Å². The molecule has 2 aromatic rings. The molecule has 0 saturated carbocycles. The van der Waals surface area contributed by atoms with Gasteiger partial charge in [0.1, 0.15) is 29.5 Å². The largest absolute Gasteiger partial charge is 0.507 e. The molecular formula is C14H9BrClFO4. The summed E-state index contributed by atoms with van der Waals surface area (Å²) in [5.41, 5.74) is -0.0917. The van der Waals surface area contributed by atoms with Crippen molar-refractivity contribution in [3.63, 3.8) is 0 Å². The molecule has 2 rings (SSSR count). The maximum atomic E-state index is 13.6. The van der Waals surface area contributed by atoms with Crippen LogP contribution in [0.5, 0.6) is 11.5 Å². The molecule has 2 aromatic carbocycles. The SMILES string of the molecule is O=C(O)c1cc(Br)c(OCc2c(F)cccc2Cl)cc1O. The zero-order chi connectivity index (χ0) is 15.6. The highest BCUT2D eigenvalue weighted by molar-refractivity contribution is 9.10. The van der Waals surface area contributed by atoms with Gasteiger partial charge in [-0.25, -0.2) is 9.18 Å². The van der Waals surface area contributed by atoms with Crippen LogP contribution >= 0.6 is 27.5 Å². The van der Waals surface area contributed by atoms with Gasteiger partial charge in [-0.1, -0.05) is 17.7 Å². The fourth-order valence-electron chi connectivity index (χ4n) is 1.64. The Morgan fingerprint density at radius 1 is 1.38 bits per heavy atom. The number of rotatable bonds is 4. The van der Waals surface area contributed by atoms with Crippen molar-refractivity contribution in [3.05, 3.63) is 56.8 Å². The summed E-state index contributed by atoms with van der Waals surface area (Å²) in [6.45, 7) is -0.157. The quantitative estimate of drug-likeness (QED) is 0.839. The smallest absolute Gasteiger partial charge is 0.339 e. The van der Waals surface area contributed by atoms with Crippen molar-refractivity contribution in [2.75, 3.05) is 0 Å². The fraction of sp³-hybridized carbons (Fsp3) is 0.0714. The first-order chi connectivity index (χ1) is 9.90. The monoisotopic (exact) mass is 374 g/mol. The molecule has 0 heterocycles. The van der Waals surface area contributed by atoms with Crippen molar-refractivity contribution >= 4 is 33.5 Å². The predicted molar refractivity (Wildman–Crippen MR) is 78.5 cm³/mol. The molecule has 0 radical (unpaired) electrons. The van der Waals surface area contributed by atoms with Gasteiger partial charge in [0.05, 0.1) is 9.50 Å². The first-order valence-corrected chi connectivity index (χ1v) is 6.88. The number of aromatic hydroxyl groups is 1. The molecule has 0 aromatic heterocycles. The average molecular weight is 376 g/mol. The number of carboxylic acid groups (broad SMARTS) is 1. The van der Waals surface area contributed by atoms with Crippen LogP contribution in [0.1, 0.15) is 15.9 Å². The Bertz CT molecular complexity index is 685. The van der Waals surface area contributed by atoms with Crippen molar-refractivity contribution in [1.29, 1.82) is 0 Å². The van der Waals surface area contributed by atoms with Gasteiger partial charge in [-0.15, -0.1) is 0 Å². The molecule has 0 amide bonds. The van der Waals surface area contributed by atoms with Crippen LogP contribution in [0.3, 0.4) is 0 Å². The van der Waals surface area contributed by atoms with E-state index in [4.69, 9.17) is 21.4 Å². The summed E-state index contributed by atoms with van der Waals surface area (Å²) in [6, 6.07) is 6.61. The van der Waals surface area contributed by atoms with E-state index in [9.17, 15) is 14.3 Å². The molecule has 2 N–H and O–H groups in total. The van der Waals surface area contributed by atoms with Gasteiger partial charge in [0.2, 0.25) is 0 Å².